The molecule has 2 fully saturated rings. The van der Waals surface area contributed by atoms with E-state index in [1.165, 1.54) is 38.5 Å². The number of fused-ring (bicyclic) bond motifs is 1. The highest BCUT2D eigenvalue weighted by molar-refractivity contribution is 5.87. The van der Waals surface area contributed by atoms with Crippen LogP contribution >= 0.6 is 0 Å². The fourth-order valence-electron chi connectivity index (χ4n) is 6.99. The fraction of sp³-hybridized carbons (Fsp3) is 0.647. The van der Waals surface area contributed by atoms with Crippen molar-refractivity contribution in [3.05, 3.63) is 47.5 Å². The number of rotatable bonds is 6. The Morgan fingerprint density at radius 1 is 0.605 bits per heavy atom. The van der Waals surface area contributed by atoms with Crippen LogP contribution in [0.5, 0.6) is 0 Å². The zero-order valence-electron chi connectivity index (χ0n) is 24.8. The molecule has 4 rings (SSSR count). The van der Waals surface area contributed by atoms with Crippen molar-refractivity contribution in [3.8, 4) is 0 Å². The third kappa shape index (κ3) is 6.26. The zero-order chi connectivity index (χ0) is 27.6. The predicted molar refractivity (Wildman–Crippen MR) is 158 cm³/mol. The number of amides is 2. The van der Waals surface area contributed by atoms with E-state index in [0.29, 0.717) is 12.8 Å². The van der Waals surface area contributed by atoms with Gasteiger partial charge in [0.15, 0.2) is 0 Å². The van der Waals surface area contributed by atoms with Crippen molar-refractivity contribution in [2.75, 3.05) is 0 Å². The van der Waals surface area contributed by atoms with Gasteiger partial charge in [0.05, 0.1) is 12.8 Å². The van der Waals surface area contributed by atoms with Gasteiger partial charge in [-0.25, -0.2) is 0 Å². The monoisotopic (exact) mass is 518 g/mol. The van der Waals surface area contributed by atoms with Crippen molar-refractivity contribution in [3.63, 3.8) is 0 Å². The average molecular weight is 519 g/mol. The van der Waals surface area contributed by atoms with Crippen LogP contribution in [0.1, 0.15) is 117 Å². The molecule has 0 radical (unpaired) electrons. The predicted octanol–water partition coefficient (Wildman–Crippen LogP) is 7.66. The first-order chi connectivity index (χ1) is 17.8. The Balaban J connectivity index is 1.42. The highest BCUT2D eigenvalue weighted by Gasteiger charge is 2.44. The molecular formula is C34H50N2O2. The maximum absolute atomic E-state index is 13.1. The minimum Gasteiger partial charge on any atom is -0.350 e. The van der Waals surface area contributed by atoms with Crippen molar-refractivity contribution in [2.24, 2.45) is 10.8 Å². The zero-order valence-corrected chi connectivity index (χ0v) is 24.8. The van der Waals surface area contributed by atoms with Gasteiger partial charge in [-0.3, -0.25) is 9.59 Å². The van der Waals surface area contributed by atoms with Gasteiger partial charge in [0, 0.05) is 11.1 Å². The molecule has 0 aliphatic heterocycles. The van der Waals surface area contributed by atoms with Gasteiger partial charge in [0.2, 0.25) is 11.8 Å². The van der Waals surface area contributed by atoms with Gasteiger partial charge in [-0.2, -0.15) is 0 Å². The molecule has 2 aromatic carbocycles. The second kappa shape index (κ2) is 11.0. The van der Waals surface area contributed by atoms with Gasteiger partial charge in [0.25, 0.3) is 0 Å². The molecule has 0 atom stereocenters. The molecule has 2 amide bonds. The van der Waals surface area contributed by atoms with E-state index < -0.39 is 0 Å². The summed E-state index contributed by atoms with van der Waals surface area (Å²) in [4.78, 5) is 26.3. The summed E-state index contributed by atoms with van der Waals surface area (Å²) in [5, 5.41) is 9.15. The van der Waals surface area contributed by atoms with Crippen LogP contribution in [0.15, 0.2) is 36.4 Å². The molecule has 0 aromatic heterocycles. The van der Waals surface area contributed by atoms with E-state index in [1.807, 2.05) is 0 Å². The van der Waals surface area contributed by atoms with Crippen molar-refractivity contribution in [2.45, 2.75) is 130 Å². The van der Waals surface area contributed by atoms with Crippen molar-refractivity contribution in [1.29, 1.82) is 0 Å². The van der Waals surface area contributed by atoms with Crippen molar-refractivity contribution < 1.29 is 9.59 Å². The summed E-state index contributed by atoms with van der Waals surface area (Å²) in [5.41, 5.74) is 1.92. The molecule has 0 bridgehead atoms. The highest BCUT2D eigenvalue weighted by atomic mass is 16.2. The maximum atomic E-state index is 13.1. The largest absolute Gasteiger partial charge is 0.350 e. The molecule has 0 saturated heterocycles. The van der Waals surface area contributed by atoms with E-state index in [0.717, 1.165) is 47.6 Å². The Hall–Kier alpha value is -2.36. The molecular weight excluding hydrogens is 468 g/mol. The van der Waals surface area contributed by atoms with Crippen LogP contribution in [-0.2, 0) is 22.4 Å². The molecule has 0 heterocycles. The number of carbonyl (C=O) groups excluding carboxylic acids is 2. The quantitative estimate of drug-likeness (QED) is 0.412. The molecule has 0 unspecified atom stereocenters. The molecule has 38 heavy (non-hydrogen) atoms. The van der Waals surface area contributed by atoms with E-state index in [9.17, 15) is 9.59 Å². The summed E-state index contributed by atoms with van der Waals surface area (Å²) >= 11 is 0. The summed E-state index contributed by atoms with van der Waals surface area (Å²) in [7, 11) is 0. The lowest BCUT2D eigenvalue weighted by Crippen LogP contribution is -2.58. The Morgan fingerprint density at radius 3 is 1.26 bits per heavy atom. The summed E-state index contributed by atoms with van der Waals surface area (Å²) in [6.45, 7) is 13.5. The van der Waals surface area contributed by atoms with E-state index in [4.69, 9.17) is 0 Å². The van der Waals surface area contributed by atoms with E-state index in [2.05, 4.69) is 88.6 Å². The minimum atomic E-state index is -0.113. The highest BCUT2D eigenvalue weighted by Crippen LogP contribution is 2.43. The van der Waals surface area contributed by atoms with Gasteiger partial charge in [-0.15, -0.1) is 0 Å². The molecule has 208 valence electrons. The normalized spacial score (nSPS) is 19.6. The molecule has 2 aliphatic rings. The van der Waals surface area contributed by atoms with Crippen LogP contribution in [0.2, 0.25) is 0 Å². The van der Waals surface area contributed by atoms with Gasteiger partial charge in [-0.1, -0.05) is 116 Å². The number of hydrogen-bond acceptors (Lipinski definition) is 2. The van der Waals surface area contributed by atoms with Crippen LogP contribution in [0.4, 0.5) is 0 Å². The van der Waals surface area contributed by atoms with Gasteiger partial charge in [0.1, 0.15) is 0 Å². The molecule has 2 aliphatic carbocycles. The minimum absolute atomic E-state index is 0.0403. The van der Waals surface area contributed by atoms with Gasteiger partial charge < -0.3 is 10.6 Å². The summed E-state index contributed by atoms with van der Waals surface area (Å²) in [5.74, 6) is 0.231. The lowest BCUT2D eigenvalue weighted by molar-refractivity contribution is -0.125. The molecule has 4 heteroatoms. The Bertz CT molecular complexity index is 1050. The fourth-order valence-corrected chi connectivity index (χ4v) is 6.99. The van der Waals surface area contributed by atoms with Crippen LogP contribution in [0.25, 0.3) is 10.8 Å². The second-order valence-electron chi connectivity index (χ2n) is 14.3. The molecule has 0 spiro atoms. The summed E-state index contributed by atoms with van der Waals surface area (Å²) < 4.78 is 0. The van der Waals surface area contributed by atoms with Crippen LogP contribution in [0.3, 0.4) is 0 Å². The molecule has 2 aromatic rings. The number of hydrogen-bond donors (Lipinski definition) is 2. The number of carbonyl (C=O) groups is 2. The van der Waals surface area contributed by atoms with E-state index in [-0.39, 0.29) is 33.7 Å². The summed E-state index contributed by atoms with van der Waals surface area (Å²) in [6, 6.07) is 12.6. The number of benzene rings is 2. The Kier molecular flexibility index (Phi) is 8.31. The topological polar surface area (TPSA) is 58.2 Å². The SMILES string of the molecule is CC(C)(C)C1(NC(=O)Cc2ccc3cc(CC(=O)NC4(C(C)(C)C)CCCCC4)ccc3c2)CCCCC1. The van der Waals surface area contributed by atoms with Crippen LogP contribution in [0, 0.1) is 10.8 Å². The smallest absolute Gasteiger partial charge is 0.224 e. The lowest BCUT2D eigenvalue weighted by atomic mass is 9.65. The average Bonchev–Trinajstić information content (AvgIpc) is 2.84. The third-order valence-corrected chi connectivity index (χ3v) is 9.74. The molecule has 2 N–H and O–H groups in total. The first-order valence-corrected chi connectivity index (χ1v) is 15.0. The van der Waals surface area contributed by atoms with Gasteiger partial charge in [-0.05, 0) is 58.4 Å². The van der Waals surface area contributed by atoms with E-state index in [1.54, 1.807) is 0 Å². The standard InChI is InChI=1S/C34H50N2O2/c1-31(2,3)33(17-9-7-10-18-33)35-29(37)23-25-13-15-28-22-26(14-16-27(28)21-25)24-30(38)36-34(32(4,5)6)19-11-8-12-20-34/h13-16,21-22H,7-12,17-20,23-24H2,1-6H3,(H,35,37)(H,36,38). The van der Waals surface area contributed by atoms with Crippen LogP contribution in [-0.4, -0.2) is 22.9 Å². The van der Waals surface area contributed by atoms with Crippen LogP contribution < -0.4 is 10.6 Å². The van der Waals surface area contributed by atoms with Crippen molar-refractivity contribution in [1.82, 2.24) is 10.6 Å². The second-order valence-corrected chi connectivity index (χ2v) is 14.3. The maximum Gasteiger partial charge on any atom is 0.224 e. The Morgan fingerprint density at radius 2 is 0.947 bits per heavy atom. The number of nitrogens with one attached hydrogen (secondary N) is 2. The lowest BCUT2D eigenvalue weighted by Gasteiger charge is -2.48. The summed E-state index contributed by atoms with van der Waals surface area (Å²) in [6.07, 6.45) is 12.3. The van der Waals surface area contributed by atoms with E-state index >= 15 is 0 Å². The molecule has 2 saturated carbocycles. The van der Waals surface area contributed by atoms with Crippen molar-refractivity contribution >= 4 is 22.6 Å². The Labute approximate surface area is 230 Å². The third-order valence-electron chi connectivity index (χ3n) is 9.74. The first-order valence-electron chi connectivity index (χ1n) is 15.0. The molecule has 4 nitrogen and oxygen atoms in total. The van der Waals surface area contributed by atoms with Gasteiger partial charge >= 0.3 is 0 Å². The first kappa shape index (κ1) is 28.6.